The predicted octanol–water partition coefficient (Wildman–Crippen LogP) is 3.79. The average Bonchev–Trinajstić information content (AvgIpc) is 3.29. The van der Waals surface area contributed by atoms with E-state index in [1.165, 1.54) is 32.1 Å². The van der Waals surface area contributed by atoms with Crippen LogP contribution < -0.4 is 5.32 Å². The number of piperidine rings is 1. The number of likely N-dealkylation sites (tertiary alicyclic amines) is 1. The van der Waals surface area contributed by atoms with Crippen molar-refractivity contribution in [1.82, 2.24) is 24.9 Å². The summed E-state index contributed by atoms with van der Waals surface area (Å²) in [5.41, 5.74) is 0.612. The molecule has 1 aromatic carbocycles. The van der Waals surface area contributed by atoms with E-state index in [9.17, 15) is 14.4 Å². The van der Waals surface area contributed by atoms with E-state index in [0.29, 0.717) is 43.6 Å². The summed E-state index contributed by atoms with van der Waals surface area (Å²) in [5, 5.41) is 3.84. The quantitative estimate of drug-likeness (QED) is 0.480. The zero-order valence-electron chi connectivity index (χ0n) is 25.9. The minimum absolute atomic E-state index is 0.0160. The van der Waals surface area contributed by atoms with Gasteiger partial charge in [-0.3, -0.25) is 24.3 Å². The van der Waals surface area contributed by atoms with Gasteiger partial charge in [-0.15, -0.1) is 0 Å². The van der Waals surface area contributed by atoms with Crippen LogP contribution >= 0.6 is 11.6 Å². The van der Waals surface area contributed by atoms with Crippen molar-refractivity contribution in [2.24, 2.45) is 11.3 Å². The smallest absolute Gasteiger partial charge is 0.410 e. The fraction of sp³-hybridized carbons (Fsp3) is 0.727. The van der Waals surface area contributed by atoms with Crippen molar-refractivity contribution in [2.45, 2.75) is 82.8 Å². The second kappa shape index (κ2) is 12.6. The normalized spacial score (nSPS) is 29.3. The van der Waals surface area contributed by atoms with Crippen LogP contribution in [-0.2, 0) is 20.7 Å². The number of hydrogen-bond donors (Lipinski definition) is 1. The number of nitrogens with zero attached hydrogens (tertiary/aromatic N) is 4. The molecule has 1 aromatic rings. The largest absolute Gasteiger partial charge is 0.447 e. The van der Waals surface area contributed by atoms with Crippen LogP contribution in [0, 0.1) is 11.3 Å². The Hall–Kier alpha value is -2.36. The predicted molar refractivity (Wildman–Crippen MR) is 166 cm³/mol. The van der Waals surface area contributed by atoms with Gasteiger partial charge in [0.05, 0.1) is 5.54 Å². The van der Waals surface area contributed by atoms with Crippen molar-refractivity contribution >= 4 is 29.5 Å². The molecule has 5 heterocycles. The first kappa shape index (κ1) is 30.7. The first-order valence-electron chi connectivity index (χ1n) is 16.4. The molecular formula is C33H48ClN5O4. The second-order valence-corrected chi connectivity index (χ2v) is 14.7. The Kier molecular flexibility index (Phi) is 8.96. The summed E-state index contributed by atoms with van der Waals surface area (Å²) in [6, 6.07) is 6.70. The summed E-state index contributed by atoms with van der Waals surface area (Å²) in [7, 11) is 0. The lowest BCUT2D eigenvalue weighted by molar-refractivity contribution is -0.142. The van der Waals surface area contributed by atoms with Crippen LogP contribution in [0.2, 0.25) is 5.02 Å². The maximum atomic E-state index is 14.2. The van der Waals surface area contributed by atoms with E-state index in [-0.39, 0.29) is 34.9 Å². The van der Waals surface area contributed by atoms with Crippen molar-refractivity contribution in [3.05, 3.63) is 34.9 Å². The highest BCUT2D eigenvalue weighted by molar-refractivity contribution is 6.30. The molecule has 5 aliphatic heterocycles. The van der Waals surface area contributed by atoms with Crippen molar-refractivity contribution in [1.29, 1.82) is 0 Å². The number of fused-ring (bicyclic) bond motifs is 3. The van der Waals surface area contributed by atoms with Gasteiger partial charge in [0.25, 0.3) is 0 Å². The van der Waals surface area contributed by atoms with Crippen molar-refractivity contribution in [2.75, 3.05) is 59.0 Å². The molecule has 0 aromatic heterocycles. The number of cyclic esters (lactones) is 1. The molecule has 0 radical (unpaired) electrons. The van der Waals surface area contributed by atoms with E-state index in [0.717, 1.165) is 51.1 Å². The number of rotatable bonds is 8. The standard InChI is InChI=1S/C33H48ClN5O4/c1-32(2)23-43-31(42)39(32)22-33(25-6-4-3-5-7-25)12-14-38(15-13-33)30(41)27(20-24-8-10-26(34)11-9-24)35-29(40)28-21-36-16-18-37(28)19-17-36/h8-11,25,27-28H,3-7,12-23H2,1-2H3,(H,35,40)/t27-,28?/m1/s1. The summed E-state index contributed by atoms with van der Waals surface area (Å²) in [4.78, 5) is 49.1. The van der Waals surface area contributed by atoms with E-state index in [1.54, 1.807) is 0 Å². The van der Waals surface area contributed by atoms with Crippen LogP contribution in [0.25, 0.3) is 0 Å². The zero-order chi connectivity index (χ0) is 30.2. The Morgan fingerprint density at radius 2 is 1.67 bits per heavy atom. The van der Waals surface area contributed by atoms with E-state index in [4.69, 9.17) is 16.3 Å². The van der Waals surface area contributed by atoms with E-state index in [1.807, 2.05) is 34.1 Å². The number of ether oxygens (including phenoxy) is 1. The molecule has 43 heavy (non-hydrogen) atoms. The van der Waals surface area contributed by atoms with Crippen LogP contribution in [0.1, 0.15) is 64.4 Å². The number of carbonyl (C=O) groups excluding carboxylic acids is 3. The number of amides is 3. The van der Waals surface area contributed by atoms with Gasteiger partial charge in [-0.25, -0.2) is 4.79 Å². The number of halogens is 1. The molecule has 3 amide bonds. The van der Waals surface area contributed by atoms with Gasteiger partial charge in [0.1, 0.15) is 18.7 Å². The zero-order valence-corrected chi connectivity index (χ0v) is 26.6. The fourth-order valence-electron chi connectivity index (χ4n) is 8.23. The summed E-state index contributed by atoms with van der Waals surface area (Å²) < 4.78 is 5.48. The SMILES string of the molecule is CC1(C)COC(=O)N1CC1(C2CCCCC2)CCN(C(=O)[C@@H](Cc2ccc(Cl)cc2)NC(=O)C2CN3CCN2CC3)CC1. The van der Waals surface area contributed by atoms with Gasteiger partial charge in [-0.2, -0.15) is 0 Å². The van der Waals surface area contributed by atoms with Gasteiger partial charge in [-0.1, -0.05) is 43.0 Å². The van der Waals surface area contributed by atoms with Crippen molar-refractivity contribution in [3.8, 4) is 0 Å². The fourth-order valence-corrected chi connectivity index (χ4v) is 8.35. The lowest BCUT2D eigenvalue weighted by Crippen LogP contribution is -2.66. The van der Waals surface area contributed by atoms with Crippen LogP contribution in [0.4, 0.5) is 4.79 Å². The molecule has 10 heteroatoms. The summed E-state index contributed by atoms with van der Waals surface area (Å²) in [6.45, 7) is 11.0. The van der Waals surface area contributed by atoms with Crippen LogP contribution in [0.5, 0.6) is 0 Å². The Bertz CT molecular complexity index is 1170. The maximum absolute atomic E-state index is 14.2. The second-order valence-electron chi connectivity index (χ2n) is 14.2. The van der Waals surface area contributed by atoms with Crippen LogP contribution in [0.15, 0.2) is 24.3 Å². The molecule has 5 saturated heterocycles. The summed E-state index contributed by atoms with van der Waals surface area (Å²) in [5.74, 6) is 0.468. The maximum Gasteiger partial charge on any atom is 0.410 e. The third kappa shape index (κ3) is 6.54. The molecule has 1 N–H and O–H groups in total. The van der Waals surface area contributed by atoms with Gasteiger partial charge >= 0.3 is 6.09 Å². The molecule has 2 atom stereocenters. The third-order valence-electron chi connectivity index (χ3n) is 11.1. The van der Waals surface area contributed by atoms with Gasteiger partial charge in [0.2, 0.25) is 11.8 Å². The topological polar surface area (TPSA) is 85.4 Å². The lowest BCUT2D eigenvalue weighted by atomic mass is 9.63. The van der Waals surface area contributed by atoms with Crippen LogP contribution in [-0.4, -0.2) is 114 Å². The molecule has 6 fully saturated rings. The van der Waals surface area contributed by atoms with Crippen LogP contribution in [0.3, 0.4) is 0 Å². The van der Waals surface area contributed by atoms with Gasteiger partial charge in [0, 0.05) is 63.8 Å². The first-order valence-corrected chi connectivity index (χ1v) is 16.8. The highest BCUT2D eigenvalue weighted by Gasteiger charge is 2.50. The Balaban J connectivity index is 1.18. The van der Waals surface area contributed by atoms with Gasteiger partial charge in [0.15, 0.2) is 0 Å². The highest BCUT2D eigenvalue weighted by Crippen LogP contribution is 2.48. The number of carbonyl (C=O) groups is 3. The molecule has 9 nitrogen and oxygen atoms in total. The minimum atomic E-state index is -0.639. The average molecular weight is 614 g/mol. The van der Waals surface area contributed by atoms with Gasteiger partial charge in [-0.05, 0) is 68.6 Å². The molecule has 0 spiro atoms. The number of nitrogens with one attached hydrogen (secondary N) is 1. The number of benzene rings is 1. The third-order valence-corrected chi connectivity index (χ3v) is 11.3. The first-order chi connectivity index (χ1) is 20.6. The molecule has 1 unspecified atom stereocenters. The summed E-state index contributed by atoms with van der Waals surface area (Å²) in [6.07, 6.45) is 8.02. The van der Waals surface area contributed by atoms with E-state index >= 15 is 0 Å². The molecule has 236 valence electrons. The lowest BCUT2D eigenvalue weighted by Gasteiger charge is -2.51. The monoisotopic (exact) mass is 613 g/mol. The summed E-state index contributed by atoms with van der Waals surface area (Å²) >= 11 is 6.15. The molecule has 2 bridgehead atoms. The van der Waals surface area contributed by atoms with E-state index < -0.39 is 6.04 Å². The Morgan fingerprint density at radius 1 is 1.00 bits per heavy atom. The Labute approximate surface area is 261 Å². The molecule has 6 aliphatic rings. The van der Waals surface area contributed by atoms with E-state index in [2.05, 4.69) is 29.0 Å². The molecule has 7 rings (SSSR count). The van der Waals surface area contributed by atoms with Gasteiger partial charge < -0.3 is 15.0 Å². The molecule has 1 saturated carbocycles. The van der Waals surface area contributed by atoms with Crippen molar-refractivity contribution < 1.29 is 19.1 Å². The molecule has 1 aliphatic carbocycles. The Morgan fingerprint density at radius 3 is 2.26 bits per heavy atom. The number of hydrogen-bond acceptors (Lipinski definition) is 6. The minimum Gasteiger partial charge on any atom is -0.447 e. The highest BCUT2D eigenvalue weighted by atomic mass is 35.5. The van der Waals surface area contributed by atoms with Crippen molar-refractivity contribution in [3.63, 3.8) is 0 Å². The number of piperazine rings is 3. The molecular weight excluding hydrogens is 566 g/mol.